The Bertz CT molecular complexity index is 1130. The highest BCUT2D eigenvalue weighted by Crippen LogP contribution is 2.40. The first-order valence-electron chi connectivity index (χ1n) is 13.4. The lowest BCUT2D eigenvalue weighted by Crippen LogP contribution is -2.51. The van der Waals surface area contributed by atoms with Crippen LogP contribution in [0.1, 0.15) is 57.5 Å². The van der Waals surface area contributed by atoms with Crippen molar-refractivity contribution < 1.29 is 9.90 Å². The Kier molecular flexibility index (Phi) is 8.67. The Morgan fingerprint density at radius 3 is 2.30 bits per heavy atom. The number of likely N-dealkylation sites (tertiary alicyclic amines) is 1. The molecule has 2 heterocycles. The Balaban J connectivity index is 1.79. The topological polar surface area (TPSA) is 87.6 Å². The van der Waals surface area contributed by atoms with Gasteiger partial charge in [-0.05, 0) is 36.8 Å². The minimum atomic E-state index is -0.335. The van der Waals surface area contributed by atoms with Crippen LogP contribution in [0, 0.1) is 5.41 Å². The van der Waals surface area contributed by atoms with E-state index in [2.05, 4.69) is 55.8 Å². The number of piperidine rings is 1. The smallest absolute Gasteiger partial charge is 0.320 e. The highest BCUT2D eigenvalue weighted by Gasteiger charge is 2.40. The third-order valence-corrected chi connectivity index (χ3v) is 7.03. The molecule has 0 unspecified atom stereocenters. The van der Waals surface area contributed by atoms with Gasteiger partial charge in [-0.3, -0.25) is 0 Å². The number of aliphatic hydroxyl groups is 1. The molecule has 4 rings (SSSR count). The summed E-state index contributed by atoms with van der Waals surface area (Å²) < 4.78 is 2.20. The summed E-state index contributed by atoms with van der Waals surface area (Å²) in [4.78, 5) is 23.1. The van der Waals surface area contributed by atoms with Gasteiger partial charge in [-0.15, -0.1) is 0 Å². The molecule has 0 aliphatic carbocycles. The third-order valence-electron chi connectivity index (χ3n) is 7.03. The number of nitrogens with zero attached hydrogens (tertiary/aromatic N) is 4. The molecular weight excluding hydrogens is 462 g/mol. The zero-order valence-electron chi connectivity index (χ0n) is 22.4. The van der Waals surface area contributed by atoms with E-state index in [1.807, 2.05) is 46.2 Å². The molecule has 198 valence electrons. The second kappa shape index (κ2) is 11.9. The number of nitrogens with two attached hydrogens (primary N) is 1. The van der Waals surface area contributed by atoms with Crippen LogP contribution >= 0.6 is 0 Å². The second-order valence-electron chi connectivity index (χ2n) is 11.1. The maximum atomic E-state index is 14.0. The van der Waals surface area contributed by atoms with Crippen LogP contribution in [0.5, 0.6) is 0 Å². The molecular formula is C30H41N5O2. The van der Waals surface area contributed by atoms with Crippen LogP contribution in [-0.4, -0.2) is 62.8 Å². The first-order chi connectivity index (χ1) is 17.8. The van der Waals surface area contributed by atoms with Crippen molar-refractivity contribution in [2.75, 3.05) is 26.2 Å². The van der Waals surface area contributed by atoms with E-state index >= 15 is 0 Å². The molecule has 7 nitrogen and oxygen atoms in total. The average Bonchev–Trinajstić information content (AvgIpc) is 3.29. The molecule has 7 heteroatoms. The SMILES string of the molecule is CC(C)(C)[C@H](c1nc(-c2ccccc2)cn1Cc1ccccc1)N(CCCN)C(=O)N1CCC(O)CC1. The number of aliphatic hydroxyl groups excluding tert-OH is 1. The lowest BCUT2D eigenvalue weighted by atomic mass is 9.84. The summed E-state index contributed by atoms with van der Waals surface area (Å²) in [5.41, 5.74) is 8.77. The molecule has 37 heavy (non-hydrogen) atoms. The number of rotatable bonds is 8. The van der Waals surface area contributed by atoms with Gasteiger partial charge in [0.2, 0.25) is 0 Å². The largest absolute Gasteiger partial charge is 0.393 e. The van der Waals surface area contributed by atoms with E-state index in [9.17, 15) is 9.90 Å². The predicted molar refractivity (Wildman–Crippen MR) is 148 cm³/mol. The van der Waals surface area contributed by atoms with Gasteiger partial charge >= 0.3 is 6.03 Å². The van der Waals surface area contributed by atoms with Crippen molar-refractivity contribution in [1.29, 1.82) is 0 Å². The first kappa shape index (κ1) is 26.9. The molecule has 0 spiro atoms. The van der Waals surface area contributed by atoms with Gasteiger partial charge in [0, 0.05) is 37.9 Å². The van der Waals surface area contributed by atoms with Gasteiger partial charge in [0.05, 0.1) is 17.8 Å². The molecule has 1 saturated heterocycles. The van der Waals surface area contributed by atoms with Gasteiger partial charge in [0.15, 0.2) is 0 Å². The van der Waals surface area contributed by atoms with Crippen LogP contribution in [0.15, 0.2) is 66.9 Å². The first-order valence-corrected chi connectivity index (χ1v) is 13.4. The van der Waals surface area contributed by atoms with E-state index in [-0.39, 0.29) is 23.6 Å². The summed E-state index contributed by atoms with van der Waals surface area (Å²) in [5.74, 6) is 0.873. The summed E-state index contributed by atoms with van der Waals surface area (Å²) >= 11 is 0. The fraction of sp³-hybridized carbons (Fsp3) is 0.467. The Morgan fingerprint density at radius 2 is 1.70 bits per heavy atom. The van der Waals surface area contributed by atoms with Gasteiger partial charge in [-0.2, -0.15) is 0 Å². The Labute approximate surface area is 220 Å². The molecule has 1 aliphatic heterocycles. The second-order valence-corrected chi connectivity index (χ2v) is 11.1. The minimum absolute atomic E-state index is 0.00389. The molecule has 1 aliphatic rings. The number of imidazole rings is 1. The van der Waals surface area contributed by atoms with Crippen molar-refractivity contribution in [2.45, 2.75) is 58.7 Å². The van der Waals surface area contributed by atoms with Crippen LogP contribution in [-0.2, 0) is 6.54 Å². The lowest BCUT2D eigenvalue weighted by molar-refractivity contribution is 0.0555. The summed E-state index contributed by atoms with van der Waals surface area (Å²) in [5, 5.41) is 10.0. The highest BCUT2D eigenvalue weighted by atomic mass is 16.3. The molecule has 2 aromatic carbocycles. The predicted octanol–water partition coefficient (Wildman–Crippen LogP) is 4.91. The quantitative estimate of drug-likeness (QED) is 0.457. The normalized spacial score (nSPS) is 15.5. The van der Waals surface area contributed by atoms with Crippen molar-refractivity contribution in [2.24, 2.45) is 11.1 Å². The number of urea groups is 1. The summed E-state index contributed by atoms with van der Waals surface area (Å²) in [6, 6.07) is 20.3. The van der Waals surface area contributed by atoms with E-state index in [0.29, 0.717) is 52.0 Å². The Morgan fingerprint density at radius 1 is 1.08 bits per heavy atom. The molecule has 2 amide bonds. The van der Waals surface area contributed by atoms with Gasteiger partial charge in [-0.25, -0.2) is 9.78 Å². The Hall–Kier alpha value is -3.16. The molecule has 0 radical (unpaired) electrons. The van der Waals surface area contributed by atoms with Crippen molar-refractivity contribution in [3.8, 4) is 11.3 Å². The monoisotopic (exact) mass is 503 g/mol. The summed E-state index contributed by atoms with van der Waals surface area (Å²) in [6.07, 6.45) is 3.70. The van der Waals surface area contributed by atoms with Crippen LogP contribution in [0.3, 0.4) is 0 Å². The third kappa shape index (κ3) is 6.59. The summed E-state index contributed by atoms with van der Waals surface area (Å²) in [6.45, 7) is 9.35. The maximum absolute atomic E-state index is 14.0. The molecule has 1 aromatic heterocycles. The number of hydrogen-bond donors (Lipinski definition) is 2. The van der Waals surface area contributed by atoms with E-state index in [1.165, 1.54) is 5.56 Å². The number of benzene rings is 2. The van der Waals surface area contributed by atoms with Gasteiger partial charge in [0.25, 0.3) is 0 Å². The molecule has 3 N–H and O–H groups in total. The van der Waals surface area contributed by atoms with Crippen molar-refractivity contribution in [3.63, 3.8) is 0 Å². The summed E-state index contributed by atoms with van der Waals surface area (Å²) in [7, 11) is 0. The number of carbonyl (C=O) groups is 1. The zero-order valence-corrected chi connectivity index (χ0v) is 22.4. The molecule has 0 saturated carbocycles. The number of aromatic nitrogens is 2. The van der Waals surface area contributed by atoms with Crippen molar-refractivity contribution in [3.05, 3.63) is 78.2 Å². The fourth-order valence-electron chi connectivity index (χ4n) is 5.13. The standard InChI is InChI=1S/C30H41N5O2/c1-30(2,3)27(35(18-10-17-31)29(37)33-19-15-25(36)16-20-33)28-32-26(24-13-8-5-9-14-24)22-34(28)21-23-11-6-4-7-12-23/h4-9,11-14,22,25,27,36H,10,15-21,31H2,1-3H3/t27-/m0/s1. The van der Waals surface area contributed by atoms with Gasteiger partial charge in [-0.1, -0.05) is 81.4 Å². The molecule has 1 atom stereocenters. The molecule has 3 aromatic rings. The highest BCUT2D eigenvalue weighted by molar-refractivity contribution is 5.75. The van der Waals surface area contributed by atoms with E-state index in [4.69, 9.17) is 10.7 Å². The van der Waals surface area contributed by atoms with E-state index in [1.54, 1.807) is 0 Å². The van der Waals surface area contributed by atoms with Gasteiger partial charge < -0.3 is 25.2 Å². The van der Waals surface area contributed by atoms with Crippen LogP contribution in [0.25, 0.3) is 11.3 Å². The molecule has 1 fully saturated rings. The van der Waals surface area contributed by atoms with Crippen molar-refractivity contribution >= 4 is 6.03 Å². The van der Waals surface area contributed by atoms with E-state index in [0.717, 1.165) is 17.1 Å². The number of carbonyl (C=O) groups excluding carboxylic acids is 1. The average molecular weight is 504 g/mol. The maximum Gasteiger partial charge on any atom is 0.320 e. The van der Waals surface area contributed by atoms with E-state index < -0.39 is 0 Å². The fourth-order valence-corrected chi connectivity index (χ4v) is 5.13. The van der Waals surface area contributed by atoms with Crippen LogP contribution in [0.4, 0.5) is 4.79 Å². The van der Waals surface area contributed by atoms with Crippen LogP contribution < -0.4 is 5.73 Å². The molecule has 0 bridgehead atoms. The van der Waals surface area contributed by atoms with Crippen LogP contribution in [0.2, 0.25) is 0 Å². The number of hydrogen-bond acceptors (Lipinski definition) is 4. The number of amides is 2. The zero-order chi connectivity index (χ0) is 26.4. The van der Waals surface area contributed by atoms with Crippen molar-refractivity contribution in [1.82, 2.24) is 19.4 Å². The minimum Gasteiger partial charge on any atom is -0.393 e. The van der Waals surface area contributed by atoms with Gasteiger partial charge in [0.1, 0.15) is 5.82 Å². The lowest BCUT2D eigenvalue weighted by Gasteiger charge is -2.43.